The molecule has 10 heteroatoms. The second-order valence-electron chi connectivity index (χ2n) is 6.84. The largest absolute Gasteiger partial charge is 0.397 e. The van der Waals surface area contributed by atoms with Crippen molar-refractivity contribution in [3.05, 3.63) is 29.8 Å². The van der Waals surface area contributed by atoms with E-state index in [1.807, 2.05) is 6.92 Å². The lowest BCUT2D eigenvalue weighted by Gasteiger charge is -2.34. The molecule has 0 aliphatic carbocycles. The van der Waals surface area contributed by atoms with E-state index >= 15 is 0 Å². The predicted molar refractivity (Wildman–Crippen MR) is 111 cm³/mol. The van der Waals surface area contributed by atoms with Crippen molar-refractivity contribution in [1.82, 2.24) is 9.97 Å². The molecule has 1 aliphatic heterocycles. The molecule has 1 saturated heterocycles. The minimum atomic E-state index is -2.40. The van der Waals surface area contributed by atoms with Crippen LogP contribution >= 0.6 is 0 Å². The van der Waals surface area contributed by atoms with Crippen molar-refractivity contribution in [2.24, 2.45) is 4.36 Å². The Balaban J connectivity index is 2.05. The molecular weight excluding hydrogens is 378 g/mol. The van der Waals surface area contributed by atoms with Crippen molar-refractivity contribution in [1.29, 1.82) is 5.26 Å². The van der Waals surface area contributed by atoms with Gasteiger partial charge in [-0.05, 0) is 25.1 Å². The van der Waals surface area contributed by atoms with Crippen LogP contribution in [-0.4, -0.2) is 52.5 Å². The first-order chi connectivity index (χ1) is 13.2. The van der Waals surface area contributed by atoms with Gasteiger partial charge >= 0.3 is 0 Å². The molecule has 0 radical (unpaired) electrons. The maximum absolute atomic E-state index is 12.2. The highest BCUT2D eigenvalue weighted by Crippen LogP contribution is 2.28. The van der Waals surface area contributed by atoms with Crippen LogP contribution in [0.25, 0.3) is 0 Å². The zero-order chi connectivity index (χ0) is 20.3. The van der Waals surface area contributed by atoms with Crippen molar-refractivity contribution < 1.29 is 8.95 Å². The van der Waals surface area contributed by atoms with Crippen molar-refractivity contribution in [3.63, 3.8) is 0 Å². The molecule has 3 N–H and O–H groups in total. The monoisotopic (exact) mass is 401 g/mol. The van der Waals surface area contributed by atoms with Gasteiger partial charge in [0.2, 0.25) is 5.95 Å². The number of nitrogens with one attached hydrogen (secondary N) is 1. The molecule has 1 unspecified atom stereocenters. The predicted octanol–water partition coefficient (Wildman–Crippen LogP) is 2.26. The van der Waals surface area contributed by atoms with Gasteiger partial charge < -0.3 is 20.7 Å². The standard InChI is InChI=1S/C18H23N7O2S/c1-12-11-27-7-6-25(12)17-9-16(24-28(2,3)26)22-18(23-17)21-15-8-13(10-19)4-5-14(15)20/h4-5,8-9,12H,6-7,11,20H2,1-3H3,(H,21,22,23). The molecule has 0 amide bonds. The van der Waals surface area contributed by atoms with E-state index in [2.05, 4.69) is 30.6 Å². The van der Waals surface area contributed by atoms with Crippen molar-refractivity contribution >= 4 is 38.7 Å². The number of nitrogens with two attached hydrogens (primary N) is 1. The van der Waals surface area contributed by atoms with Crippen LogP contribution in [0.4, 0.5) is 29.0 Å². The first-order valence-corrected chi connectivity index (χ1v) is 11.1. The first-order valence-electron chi connectivity index (χ1n) is 8.72. The van der Waals surface area contributed by atoms with Crippen molar-refractivity contribution in [3.8, 4) is 6.07 Å². The minimum Gasteiger partial charge on any atom is -0.397 e. The average molecular weight is 401 g/mol. The minimum absolute atomic E-state index is 0.129. The molecule has 1 atom stereocenters. The molecule has 2 aromatic rings. The van der Waals surface area contributed by atoms with E-state index < -0.39 is 9.73 Å². The maximum atomic E-state index is 12.2. The molecule has 1 aromatic carbocycles. The molecule has 0 saturated carbocycles. The lowest BCUT2D eigenvalue weighted by molar-refractivity contribution is 0.0985. The number of anilines is 4. The van der Waals surface area contributed by atoms with Crippen LogP contribution in [0.5, 0.6) is 0 Å². The third-order valence-corrected chi connectivity index (χ3v) is 4.73. The van der Waals surface area contributed by atoms with E-state index in [4.69, 9.17) is 15.7 Å². The fourth-order valence-corrected chi connectivity index (χ4v) is 3.36. The second kappa shape index (κ2) is 8.00. The Morgan fingerprint density at radius 2 is 2.18 bits per heavy atom. The van der Waals surface area contributed by atoms with E-state index in [1.54, 1.807) is 36.8 Å². The molecule has 1 aliphatic rings. The van der Waals surface area contributed by atoms with E-state index in [0.717, 1.165) is 0 Å². The van der Waals surface area contributed by atoms with Crippen LogP contribution in [-0.2, 0) is 14.5 Å². The van der Waals surface area contributed by atoms with Gasteiger partial charge in [-0.25, -0.2) is 4.21 Å². The Morgan fingerprint density at radius 3 is 2.86 bits per heavy atom. The van der Waals surface area contributed by atoms with Crippen LogP contribution in [0.15, 0.2) is 28.6 Å². The van der Waals surface area contributed by atoms with Gasteiger partial charge in [0.25, 0.3) is 0 Å². The number of ether oxygens (including phenoxy) is 1. The number of aromatic nitrogens is 2. The number of hydrogen-bond acceptors (Lipinski definition) is 9. The molecular formula is C18H23N7O2S. The quantitative estimate of drug-likeness (QED) is 0.746. The Kier molecular flexibility index (Phi) is 5.67. The summed E-state index contributed by atoms with van der Waals surface area (Å²) in [5.74, 6) is 1.24. The maximum Gasteiger partial charge on any atom is 0.231 e. The van der Waals surface area contributed by atoms with Crippen LogP contribution in [0.3, 0.4) is 0 Å². The Labute approximate surface area is 164 Å². The summed E-state index contributed by atoms with van der Waals surface area (Å²) < 4.78 is 21.9. The summed E-state index contributed by atoms with van der Waals surface area (Å²) in [7, 11) is -2.40. The first kappa shape index (κ1) is 19.9. The summed E-state index contributed by atoms with van der Waals surface area (Å²) in [6.07, 6.45) is 3.10. The van der Waals surface area contributed by atoms with Gasteiger partial charge in [0.05, 0.1) is 42.3 Å². The lowest BCUT2D eigenvalue weighted by Crippen LogP contribution is -2.44. The summed E-state index contributed by atoms with van der Waals surface area (Å²) in [5.41, 5.74) is 7.45. The highest BCUT2D eigenvalue weighted by Gasteiger charge is 2.22. The van der Waals surface area contributed by atoms with Crippen LogP contribution < -0.4 is 16.0 Å². The number of nitrogen functional groups attached to an aromatic ring is 1. The van der Waals surface area contributed by atoms with Crippen LogP contribution in [0.2, 0.25) is 0 Å². The molecule has 28 heavy (non-hydrogen) atoms. The van der Waals surface area contributed by atoms with Crippen LogP contribution in [0.1, 0.15) is 12.5 Å². The van der Waals surface area contributed by atoms with Gasteiger partial charge in [0, 0.05) is 34.9 Å². The van der Waals surface area contributed by atoms with E-state index in [9.17, 15) is 4.21 Å². The summed E-state index contributed by atoms with van der Waals surface area (Å²) in [6.45, 7) is 3.91. The van der Waals surface area contributed by atoms with Crippen molar-refractivity contribution in [2.45, 2.75) is 13.0 Å². The number of hydrogen-bond donors (Lipinski definition) is 2. The fraction of sp³-hybridized carbons (Fsp3) is 0.389. The fourth-order valence-electron chi connectivity index (χ4n) is 2.82. The molecule has 1 aromatic heterocycles. The van der Waals surface area contributed by atoms with E-state index in [-0.39, 0.29) is 12.0 Å². The van der Waals surface area contributed by atoms with E-state index in [0.29, 0.717) is 48.3 Å². The SMILES string of the molecule is CC1COCCN1c1cc(N=S(C)(C)=O)nc(Nc2cc(C#N)ccc2N)n1. The summed E-state index contributed by atoms with van der Waals surface area (Å²) >= 11 is 0. The Hall–Kier alpha value is -2.90. The highest BCUT2D eigenvalue weighted by molar-refractivity contribution is 7.92. The number of benzene rings is 1. The second-order valence-corrected chi connectivity index (χ2v) is 9.38. The summed E-state index contributed by atoms with van der Waals surface area (Å²) in [6, 6.07) is 8.83. The highest BCUT2D eigenvalue weighted by atomic mass is 32.2. The third-order valence-electron chi connectivity index (χ3n) is 4.10. The molecule has 3 rings (SSSR count). The van der Waals surface area contributed by atoms with Gasteiger partial charge in [-0.2, -0.15) is 19.6 Å². The molecule has 0 bridgehead atoms. The zero-order valence-corrected chi connectivity index (χ0v) is 16.9. The van der Waals surface area contributed by atoms with Gasteiger partial charge in [0.1, 0.15) is 5.82 Å². The van der Waals surface area contributed by atoms with Gasteiger partial charge in [-0.15, -0.1) is 0 Å². The number of morpholine rings is 1. The molecule has 1 fully saturated rings. The van der Waals surface area contributed by atoms with Crippen LogP contribution in [0, 0.1) is 11.3 Å². The van der Waals surface area contributed by atoms with Gasteiger partial charge in [-0.1, -0.05) is 0 Å². The Morgan fingerprint density at radius 1 is 1.39 bits per heavy atom. The number of nitriles is 1. The molecule has 0 spiro atoms. The number of rotatable bonds is 4. The third kappa shape index (κ3) is 4.88. The summed E-state index contributed by atoms with van der Waals surface area (Å²) in [5, 5.41) is 12.2. The van der Waals surface area contributed by atoms with Crippen molar-refractivity contribution in [2.75, 3.05) is 48.2 Å². The summed E-state index contributed by atoms with van der Waals surface area (Å²) in [4.78, 5) is 11.0. The molecule has 148 valence electrons. The zero-order valence-electron chi connectivity index (χ0n) is 16.0. The van der Waals surface area contributed by atoms with E-state index in [1.165, 1.54) is 0 Å². The normalized spacial score (nSPS) is 17.1. The molecule has 9 nitrogen and oxygen atoms in total. The Bertz CT molecular complexity index is 1030. The smallest absolute Gasteiger partial charge is 0.231 e. The van der Waals surface area contributed by atoms with Gasteiger partial charge in [-0.3, -0.25) is 0 Å². The topological polar surface area (TPSA) is 130 Å². The van der Waals surface area contributed by atoms with Gasteiger partial charge in [0.15, 0.2) is 5.82 Å². The number of nitrogens with zero attached hydrogens (tertiary/aromatic N) is 5. The molecule has 2 heterocycles. The average Bonchev–Trinajstić information content (AvgIpc) is 2.62. The lowest BCUT2D eigenvalue weighted by atomic mass is 10.2.